The fraction of sp³-hybridized carbons (Fsp3) is 1.00. The lowest BCUT2D eigenvalue weighted by molar-refractivity contribution is -0.252. The Morgan fingerprint density at radius 3 is 0.955 bits per heavy atom. The summed E-state index contributed by atoms with van der Waals surface area (Å²) in [5, 5.41) is 46.0. The summed E-state index contributed by atoms with van der Waals surface area (Å²) < 4.78 is 0. The highest BCUT2D eigenvalue weighted by atomic mass is 17.1. The maximum atomic E-state index is 8.26. The van der Waals surface area contributed by atoms with Gasteiger partial charge in [-0.2, -0.15) is 0 Å². The van der Waals surface area contributed by atoms with Crippen molar-refractivity contribution in [1.29, 1.82) is 0 Å². The molecule has 8 N–H and O–H groups in total. The van der Waals surface area contributed by atoms with Crippen LogP contribution in [0.25, 0.3) is 0 Å². The van der Waals surface area contributed by atoms with E-state index in [4.69, 9.17) is 21.0 Å². The van der Waals surface area contributed by atoms with E-state index in [0.29, 0.717) is 74.3 Å². The monoisotopic (exact) mass is 637 g/mol. The van der Waals surface area contributed by atoms with Gasteiger partial charge in [0.05, 0.1) is 26.4 Å². The van der Waals surface area contributed by atoms with Crippen LogP contribution in [0.3, 0.4) is 0 Å². The standard InChI is InChI=1S/4C8H17NO2/c3*1-9-8-4-2-7(3-5-8)6-11-10;1-9-8-4-2-3-7(5-8)6-11-10/h4*7-10H,2-6H2,1H3. The maximum Gasteiger partial charge on any atom is 0.0848 e. The topological polar surface area (TPSA) is 166 Å². The summed E-state index contributed by atoms with van der Waals surface area (Å²) in [5.41, 5.74) is 0. The van der Waals surface area contributed by atoms with E-state index in [1.54, 1.807) is 0 Å². The molecule has 4 aliphatic rings. The van der Waals surface area contributed by atoms with E-state index < -0.39 is 0 Å². The average molecular weight is 637 g/mol. The number of hydrogen-bond donors (Lipinski definition) is 8. The molecule has 0 aromatic heterocycles. The number of hydrogen-bond acceptors (Lipinski definition) is 12. The van der Waals surface area contributed by atoms with Gasteiger partial charge in [-0.1, -0.05) is 6.42 Å². The molecule has 0 saturated heterocycles. The first-order valence-corrected chi connectivity index (χ1v) is 17.2. The molecule has 2 atom stereocenters. The van der Waals surface area contributed by atoms with Gasteiger partial charge >= 0.3 is 0 Å². The summed E-state index contributed by atoms with van der Waals surface area (Å²) in [6.45, 7) is 2.03. The molecule has 4 aliphatic carbocycles. The molecule has 0 bridgehead atoms. The van der Waals surface area contributed by atoms with Crippen LogP contribution in [0.15, 0.2) is 0 Å². The summed E-state index contributed by atoms with van der Waals surface area (Å²) >= 11 is 0. The number of nitrogens with one attached hydrogen (secondary N) is 4. The van der Waals surface area contributed by atoms with E-state index in [0.717, 1.165) is 6.42 Å². The van der Waals surface area contributed by atoms with Crippen LogP contribution in [-0.2, 0) is 19.6 Å². The minimum Gasteiger partial charge on any atom is -0.317 e. The third-order valence-corrected chi connectivity index (χ3v) is 10.2. The molecule has 0 aromatic rings. The van der Waals surface area contributed by atoms with Crippen molar-refractivity contribution in [2.75, 3.05) is 54.6 Å². The van der Waals surface area contributed by atoms with Gasteiger partial charge in [0.15, 0.2) is 0 Å². The zero-order valence-electron chi connectivity index (χ0n) is 28.2. The van der Waals surface area contributed by atoms with Gasteiger partial charge in [-0.15, -0.1) is 0 Å². The van der Waals surface area contributed by atoms with E-state index in [9.17, 15) is 0 Å². The van der Waals surface area contributed by atoms with Crippen molar-refractivity contribution in [3.63, 3.8) is 0 Å². The maximum absolute atomic E-state index is 8.26. The summed E-state index contributed by atoms with van der Waals surface area (Å²) in [7, 11) is 8.02. The highest BCUT2D eigenvalue weighted by Crippen LogP contribution is 2.26. The lowest BCUT2D eigenvalue weighted by Crippen LogP contribution is -2.32. The summed E-state index contributed by atoms with van der Waals surface area (Å²) in [4.78, 5) is 16.5. The zero-order valence-corrected chi connectivity index (χ0v) is 28.2. The Hall–Kier alpha value is -0.480. The minimum atomic E-state index is 0.498. The first kappa shape index (κ1) is 41.5. The fourth-order valence-corrected chi connectivity index (χ4v) is 6.98. The summed E-state index contributed by atoms with van der Waals surface area (Å²) in [5.74, 6) is 2.27. The van der Waals surface area contributed by atoms with Crippen LogP contribution in [0.2, 0.25) is 0 Å². The molecule has 12 nitrogen and oxygen atoms in total. The van der Waals surface area contributed by atoms with E-state index in [-0.39, 0.29) is 0 Å². The molecular formula is C32H68N4O8. The van der Waals surface area contributed by atoms with Crippen molar-refractivity contribution < 1.29 is 40.6 Å². The first-order valence-electron chi connectivity index (χ1n) is 17.2. The Morgan fingerprint density at radius 2 is 0.682 bits per heavy atom. The van der Waals surface area contributed by atoms with Gasteiger partial charge in [0.1, 0.15) is 0 Å². The molecule has 0 aliphatic heterocycles. The normalized spacial score (nSPS) is 32.2. The lowest BCUT2D eigenvalue weighted by Gasteiger charge is -2.27. The van der Waals surface area contributed by atoms with Crippen LogP contribution in [0.5, 0.6) is 0 Å². The second kappa shape index (κ2) is 27.6. The summed E-state index contributed by atoms with van der Waals surface area (Å²) in [6.07, 6.45) is 19.2. The Balaban J connectivity index is 0.000000293. The molecular weight excluding hydrogens is 568 g/mol. The highest BCUT2D eigenvalue weighted by molar-refractivity contribution is 4.78. The predicted octanol–water partition coefficient (Wildman–Crippen LogP) is 5.02. The SMILES string of the molecule is CNC1CCC(COO)CC1.CNC1CCC(COO)CC1.CNC1CCC(COO)CC1.CNC1CCCC(COO)C1. The molecule has 4 saturated carbocycles. The second-order valence-electron chi connectivity index (χ2n) is 13.2. The zero-order chi connectivity index (χ0) is 32.4. The molecule has 12 heteroatoms. The molecule has 4 fully saturated rings. The van der Waals surface area contributed by atoms with Crippen LogP contribution in [0.1, 0.15) is 103 Å². The largest absolute Gasteiger partial charge is 0.317 e. The van der Waals surface area contributed by atoms with Crippen molar-refractivity contribution in [3.05, 3.63) is 0 Å². The summed E-state index contributed by atoms with van der Waals surface area (Å²) in [6, 6.07) is 2.68. The molecule has 0 amide bonds. The molecule has 0 aromatic carbocycles. The van der Waals surface area contributed by atoms with E-state index in [2.05, 4.69) is 40.8 Å². The quantitative estimate of drug-likeness (QED) is 0.107. The minimum absolute atomic E-state index is 0.498. The third-order valence-electron chi connectivity index (χ3n) is 10.2. The second-order valence-corrected chi connectivity index (χ2v) is 13.2. The Morgan fingerprint density at radius 1 is 0.386 bits per heavy atom. The van der Waals surface area contributed by atoms with Crippen LogP contribution < -0.4 is 21.3 Å². The van der Waals surface area contributed by atoms with E-state index in [1.165, 1.54) is 96.3 Å². The third kappa shape index (κ3) is 19.2. The first-order chi connectivity index (χ1) is 21.5. The lowest BCUT2D eigenvalue weighted by atomic mass is 9.86. The molecule has 44 heavy (non-hydrogen) atoms. The smallest absolute Gasteiger partial charge is 0.0848 e. The van der Waals surface area contributed by atoms with Crippen molar-refractivity contribution >= 4 is 0 Å². The highest BCUT2D eigenvalue weighted by Gasteiger charge is 2.22. The predicted molar refractivity (Wildman–Crippen MR) is 174 cm³/mol. The van der Waals surface area contributed by atoms with Crippen LogP contribution >= 0.6 is 0 Å². The Kier molecular flexibility index (Phi) is 26.1. The molecule has 4 rings (SSSR count). The molecule has 264 valence electrons. The van der Waals surface area contributed by atoms with Crippen molar-refractivity contribution in [3.8, 4) is 0 Å². The van der Waals surface area contributed by atoms with Gasteiger partial charge in [0, 0.05) is 24.2 Å². The fourth-order valence-electron chi connectivity index (χ4n) is 6.98. The van der Waals surface area contributed by atoms with Gasteiger partial charge in [-0.25, -0.2) is 19.6 Å². The Labute approximate surface area is 267 Å². The molecule has 0 spiro atoms. The number of rotatable bonds is 12. The average Bonchev–Trinajstić information content (AvgIpc) is 3.07. The van der Waals surface area contributed by atoms with Crippen LogP contribution in [0, 0.1) is 23.7 Å². The van der Waals surface area contributed by atoms with Crippen LogP contribution in [0.4, 0.5) is 0 Å². The van der Waals surface area contributed by atoms with E-state index >= 15 is 0 Å². The van der Waals surface area contributed by atoms with Crippen LogP contribution in [-0.4, -0.2) is 99.8 Å². The van der Waals surface area contributed by atoms with Gasteiger partial charge in [0.2, 0.25) is 0 Å². The molecule has 0 radical (unpaired) electrons. The van der Waals surface area contributed by atoms with E-state index in [1.807, 2.05) is 28.2 Å². The molecule has 0 heterocycles. The van der Waals surface area contributed by atoms with Crippen molar-refractivity contribution in [1.82, 2.24) is 21.3 Å². The van der Waals surface area contributed by atoms with Gasteiger partial charge < -0.3 is 21.3 Å². The van der Waals surface area contributed by atoms with Gasteiger partial charge in [0.25, 0.3) is 0 Å². The van der Waals surface area contributed by atoms with Gasteiger partial charge in [-0.05, 0) is 148 Å². The molecule has 2 unspecified atom stereocenters. The van der Waals surface area contributed by atoms with Crippen molar-refractivity contribution in [2.24, 2.45) is 23.7 Å². The van der Waals surface area contributed by atoms with Gasteiger partial charge in [-0.3, -0.25) is 21.0 Å². The van der Waals surface area contributed by atoms with Crippen molar-refractivity contribution in [2.45, 2.75) is 127 Å². The Bertz CT molecular complexity index is 553.